The summed E-state index contributed by atoms with van der Waals surface area (Å²) >= 11 is 0. The number of amides is 1. The van der Waals surface area contributed by atoms with Crippen molar-refractivity contribution in [2.75, 3.05) is 0 Å². The maximum atomic E-state index is 12.2. The molecule has 25 heavy (non-hydrogen) atoms. The quantitative estimate of drug-likeness (QED) is 0.454. The number of aromatic nitrogens is 1. The Kier molecular flexibility index (Phi) is 3.92. The molecule has 4 rings (SSSR count). The molecule has 4 heteroatoms. The highest BCUT2D eigenvalue weighted by molar-refractivity contribution is 5.96. The number of pyridine rings is 1. The average Bonchev–Trinajstić information content (AvgIpc) is 2.67. The minimum Gasteiger partial charge on any atom is -0.266 e. The van der Waals surface area contributed by atoms with Crippen LogP contribution in [0.4, 0.5) is 0 Å². The molecule has 0 bridgehead atoms. The van der Waals surface area contributed by atoms with Gasteiger partial charge in [-0.1, -0.05) is 60.7 Å². The molecule has 0 saturated heterocycles. The summed E-state index contributed by atoms with van der Waals surface area (Å²) < 4.78 is 0. The first-order chi connectivity index (χ1) is 12.3. The van der Waals surface area contributed by atoms with E-state index in [9.17, 15) is 4.79 Å². The molecule has 0 atom stereocenters. The van der Waals surface area contributed by atoms with E-state index in [0.717, 1.165) is 21.9 Å². The predicted octanol–water partition coefficient (Wildman–Crippen LogP) is 4.15. The van der Waals surface area contributed by atoms with Crippen LogP contribution in [0.5, 0.6) is 0 Å². The number of para-hydroxylation sites is 1. The number of benzene rings is 3. The lowest BCUT2D eigenvalue weighted by molar-refractivity contribution is 0.0950. The summed E-state index contributed by atoms with van der Waals surface area (Å²) in [5.41, 5.74) is 4.58. The standard InChI is InChI=1S/C21H15N3O/c25-21(20-12-11-17-6-3-4-8-19(17)23-20)24-22-14-15-9-10-16-5-1-2-7-18(16)13-15/h1-14H,(H,24,25)/b22-14+. The van der Waals surface area contributed by atoms with Crippen LogP contribution in [0.25, 0.3) is 21.7 Å². The lowest BCUT2D eigenvalue weighted by Crippen LogP contribution is -2.18. The van der Waals surface area contributed by atoms with Gasteiger partial charge in [-0.15, -0.1) is 0 Å². The predicted molar refractivity (Wildman–Crippen MR) is 101 cm³/mol. The second-order valence-electron chi connectivity index (χ2n) is 5.69. The maximum absolute atomic E-state index is 12.2. The molecular formula is C21H15N3O. The van der Waals surface area contributed by atoms with E-state index in [0.29, 0.717) is 5.69 Å². The van der Waals surface area contributed by atoms with Gasteiger partial charge in [0, 0.05) is 5.39 Å². The van der Waals surface area contributed by atoms with Gasteiger partial charge in [-0.05, 0) is 34.5 Å². The number of hydrogen-bond donors (Lipinski definition) is 1. The average molecular weight is 325 g/mol. The highest BCUT2D eigenvalue weighted by Gasteiger charge is 2.06. The van der Waals surface area contributed by atoms with Crippen molar-refractivity contribution >= 4 is 33.8 Å². The summed E-state index contributed by atoms with van der Waals surface area (Å²) in [5.74, 6) is -0.331. The van der Waals surface area contributed by atoms with Gasteiger partial charge in [0.1, 0.15) is 5.69 Å². The fourth-order valence-corrected chi connectivity index (χ4v) is 2.70. The van der Waals surface area contributed by atoms with Crippen molar-refractivity contribution in [3.8, 4) is 0 Å². The molecule has 1 N–H and O–H groups in total. The molecule has 0 aliphatic carbocycles. The van der Waals surface area contributed by atoms with Crippen molar-refractivity contribution in [3.05, 3.63) is 90.1 Å². The molecule has 0 spiro atoms. The minimum absolute atomic E-state index is 0.331. The van der Waals surface area contributed by atoms with Crippen molar-refractivity contribution in [2.24, 2.45) is 5.10 Å². The molecular weight excluding hydrogens is 310 g/mol. The molecule has 3 aromatic carbocycles. The third-order valence-corrected chi connectivity index (χ3v) is 3.98. The molecule has 1 amide bonds. The Balaban J connectivity index is 1.50. The van der Waals surface area contributed by atoms with Crippen LogP contribution in [-0.4, -0.2) is 17.1 Å². The number of hydrazone groups is 1. The van der Waals surface area contributed by atoms with Gasteiger partial charge in [0.05, 0.1) is 11.7 Å². The van der Waals surface area contributed by atoms with Gasteiger partial charge in [0.25, 0.3) is 5.91 Å². The first-order valence-corrected chi connectivity index (χ1v) is 7.98. The van der Waals surface area contributed by atoms with Crippen LogP contribution in [0, 0.1) is 0 Å². The zero-order chi connectivity index (χ0) is 17.1. The van der Waals surface area contributed by atoms with Gasteiger partial charge in [-0.25, -0.2) is 10.4 Å². The molecule has 1 aromatic heterocycles. The second kappa shape index (κ2) is 6.53. The molecule has 0 fully saturated rings. The Morgan fingerprint density at radius 2 is 1.56 bits per heavy atom. The first kappa shape index (κ1) is 15.0. The third-order valence-electron chi connectivity index (χ3n) is 3.98. The van der Waals surface area contributed by atoms with E-state index in [1.54, 1.807) is 12.3 Å². The summed E-state index contributed by atoms with van der Waals surface area (Å²) in [6.07, 6.45) is 1.63. The summed E-state index contributed by atoms with van der Waals surface area (Å²) in [6, 6.07) is 25.4. The zero-order valence-electron chi connectivity index (χ0n) is 13.4. The van der Waals surface area contributed by atoms with Crippen LogP contribution in [0.15, 0.2) is 84.0 Å². The van der Waals surface area contributed by atoms with Crippen molar-refractivity contribution in [1.29, 1.82) is 0 Å². The van der Waals surface area contributed by atoms with Crippen LogP contribution >= 0.6 is 0 Å². The summed E-state index contributed by atoms with van der Waals surface area (Å²) in [7, 11) is 0. The topological polar surface area (TPSA) is 54.4 Å². The Labute approximate surface area is 144 Å². The van der Waals surface area contributed by atoms with Gasteiger partial charge in [0.2, 0.25) is 0 Å². The summed E-state index contributed by atoms with van der Waals surface area (Å²) in [5, 5.41) is 7.34. The van der Waals surface area contributed by atoms with Crippen molar-refractivity contribution in [3.63, 3.8) is 0 Å². The van der Waals surface area contributed by atoms with E-state index in [4.69, 9.17) is 0 Å². The Hall–Kier alpha value is -3.53. The highest BCUT2D eigenvalue weighted by atomic mass is 16.2. The zero-order valence-corrected chi connectivity index (χ0v) is 13.4. The largest absolute Gasteiger partial charge is 0.289 e. The van der Waals surface area contributed by atoms with Crippen molar-refractivity contribution in [2.45, 2.75) is 0 Å². The van der Waals surface area contributed by atoms with E-state index in [1.807, 2.05) is 66.7 Å². The lowest BCUT2D eigenvalue weighted by Gasteiger charge is -2.02. The number of carbonyl (C=O) groups excluding carboxylic acids is 1. The van der Waals surface area contributed by atoms with E-state index in [-0.39, 0.29) is 5.91 Å². The number of rotatable bonds is 3. The molecule has 4 nitrogen and oxygen atoms in total. The van der Waals surface area contributed by atoms with Gasteiger partial charge >= 0.3 is 0 Å². The van der Waals surface area contributed by atoms with Gasteiger partial charge < -0.3 is 0 Å². The molecule has 0 radical (unpaired) electrons. The fourth-order valence-electron chi connectivity index (χ4n) is 2.70. The lowest BCUT2D eigenvalue weighted by atomic mass is 10.1. The van der Waals surface area contributed by atoms with Gasteiger partial charge in [-0.3, -0.25) is 4.79 Å². The normalized spacial score (nSPS) is 11.2. The summed E-state index contributed by atoms with van der Waals surface area (Å²) in [6.45, 7) is 0. The molecule has 0 aliphatic heterocycles. The molecule has 0 saturated carbocycles. The van der Waals surface area contributed by atoms with E-state index in [1.165, 1.54) is 5.39 Å². The number of nitrogens with zero attached hydrogens (tertiary/aromatic N) is 2. The van der Waals surface area contributed by atoms with Crippen LogP contribution < -0.4 is 5.43 Å². The first-order valence-electron chi connectivity index (χ1n) is 7.98. The van der Waals surface area contributed by atoms with Crippen LogP contribution in [-0.2, 0) is 0 Å². The molecule has 0 unspecified atom stereocenters. The maximum Gasteiger partial charge on any atom is 0.289 e. The number of hydrogen-bond acceptors (Lipinski definition) is 3. The number of fused-ring (bicyclic) bond motifs is 2. The molecule has 0 aliphatic rings. The van der Waals surface area contributed by atoms with E-state index < -0.39 is 0 Å². The van der Waals surface area contributed by atoms with Crippen molar-refractivity contribution in [1.82, 2.24) is 10.4 Å². The molecule has 4 aromatic rings. The monoisotopic (exact) mass is 325 g/mol. The molecule has 120 valence electrons. The summed E-state index contributed by atoms with van der Waals surface area (Å²) in [4.78, 5) is 16.6. The second-order valence-corrected chi connectivity index (χ2v) is 5.69. The smallest absolute Gasteiger partial charge is 0.266 e. The Morgan fingerprint density at radius 1 is 0.840 bits per heavy atom. The van der Waals surface area contributed by atoms with Gasteiger partial charge in [-0.2, -0.15) is 5.10 Å². The van der Waals surface area contributed by atoms with E-state index >= 15 is 0 Å². The van der Waals surface area contributed by atoms with E-state index in [2.05, 4.69) is 21.6 Å². The van der Waals surface area contributed by atoms with Crippen molar-refractivity contribution < 1.29 is 4.79 Å². The SMILES string of the molecule is O=C(N/N=C/c1ccc2ccccc2c1)c1ccc2ccccc2n1. The van der Waals surface area contributed by atoms with Crippen LogP contribution in [0.1, 0.15) is 16.1 Å². The van der Waals surface area contributed by atoms with Crippen LogP contribution in [0.2, 0.25) is 0 Å². The van der Waals surface area contributed by atoms with Gasteiger partial charge in [0.15, 0.2) is 0 Å². The number of nitrogens with one attached hydrogen (secondary N) is 1. The highest BCUT2D eigenvalue weighted by Crippen LogP contribution is 2.14. The fraction of sp³-hybridized carbons (Fsp3) is 0. The molecule has 1 heterocycles. The Bertz CT molecular complexity index is 1100. The minimum atomic E-state index is -0.331. The Morgan fingerprint density at radius 3 is 2.44 bits per heavy atom. The van der Waals surface area contributed by atoms with Crippen LogP contribution in [0.3, 0.4) is 0 Å². The third kappa shape index (κ3) is 3.23. The number of carbonyl (C=O) groups is 1.